The maximum atomic E-state index is 13.7. The maximum absolute atomic E-state index is 13.7. The summed E-state index contributed by atoms with van der Waals surface area (Å²) in [4.78, 5) is 0. The number of halogens is 2. The average molecular weight is 258 g/mol. The molecule has 1 aromatic heterocycles. The topological polar surface area (TPSA) is 33.6 Å². The van der Waals surface area contributed by atoms with Crippen LogP contribution < -0.4 is 0 Å². The molecule has 0 fully saturated rings. The van der Waals surface area contributed by atoms with E-state index in [0.717, 1.165) is 0 Å². The van der Waals surface area contributed by atoms with Gasteiger partial charge in [-0.05, 0) is 30.4 Å². The number of nitrogens with zero attached hydrogens (tertiary/aromatic N) is 2. The first-order chi connectivity index (χ1) is 7.63. The van der Waals surface area contributed by atoms with Gasteiger partial charge >= 0.3 is 0 Å². The highest BCUT2D eigenvalue weighted by atomic mass is 35.5. The van der Waals surface area contributed by atoms with Gasteiger partial charge in [0, 0.05) is 11.4 Å². The summed E-state index contributed by atoms with van der Waals surface area (Å²) in [5, 5.41) is 7.02. The van der Waals surface area contributed by atoms with E-state index in [1.165, 1.54) is 6.07 Å². The Bertz CT molecular complexity index is 576. The highest BCUT2D eigenvalue weighted by Gasteiger charge is 2.11. The fourth-order valence-electron chi connectivity index (χ4n) is 1.48. The van der Waals surface area contributed by atoms with Gasteiger partial charge < -0.3 is 0 Å². The van der Waals surface area contributed by atoms with Gasteiger partial charge in [-0.2, -0.15) is 5.10 Å². The minimum Gasteiger partial charge on any atom is -0.269 e. The molecule has 0 aliphatic heterocycles. The number of benzene rings is 1. The molecule has 0 unspecified atom stereocenters. The van der Waals surface area contributed by atoms with E-state index < -0.39 is 5.82 Å². The van der Waals surface area contributed by atoms with Crippen LogP contribution in [0.4, 0.5) is 4.39 Å². The Hall–Kier alpha value is -1.20. The van der Waals surface area contributed by atoms with Gasteiger partial charge in [-0.25, -0.2) is 4.39 Å². The number of H-pyrrole nitrogens is 1. The molecule has 84 valence electrons. The second kappa shape index (κ2) is 4.35. The van der Waals surface area contributed by atoms with Gasteiger partial charge in [0.2, 0.25) is 0 Å². The molecule has 2 aromatic rings. The number of aromatic amines is 1. The van der Waals surface area contributed by atoms with E-state index in [-0.39, 0.29) is 0 Å². The van der Waals surface area contributed by atoms with E-state index in [4.69, 9.17) is 23.8 Å². The van der Waals surface area contributed by atoms with Crippen molar-refractivity contribution in [3.05, 3.63) is 39.6 Å². The van der Waals surface area contributed by atoms with Gasteiger partial charge in [0.1, 0.15) is 11.6 Å². The van der Waals surface area contributed by atoms with Crippen LogP contribution >= 0.6 is 23.8 Å². The second-order valence-electron chi connectivity index (χ2n) is 3.23. The lowest BCUT2D eigenvalue weighted by atomic mass is 10.3. The number of hydrogen-bond donors (Lipinski definition) is 1. The van der Waals surface area contributed by atoms with Crippen LogP contribution in [0.2, 0.25) is 5.02 Å². The molecule has 0 saturated heterocycles. The van der Waals surface area contributed by atoms with Crippen molar-refractivity contribution in [1.82, 2.24) is 14.8 Å². The van der Waals surface area contributed by atoms with Crippen LogP contribution in [-0.4, -0.2) is 14.8 Å². The number of hydrogen-bond acceptors (Lipinski definition) is 2. The van der Waals surface area contributed by atoms with Crippen molar-refractivity contribution in [2.75, 3.05) is 0 Å². The predicted octanol–water partition coefficient (Wildman–Crippen LogP) is 3.28. The van der Waals surface area contributed by atoms with E-state index in [2.05, 4.69) is 10.2 Å². The summed E-state index contributed by atoms with van der Waals surface area (Å²) in [6.45, 7) is 1.93. The van der Waals surface area contributed by atoms with Gasteiger partial charge in [0.05, 0.1) is 5.69 Å². The molecule has 16 heavy (non-hydrogen) atoms. The Balaban J connectivity index is 2.67. The number of nitrogens with one attached hydrogen (secondary N) is 1. The van der Waals surface area contributed by atoms with Crippen molar-refractivity contribution < 1.29 is 4.39 Å². The Morgan fingerprint density at radius 1 is 1.56 bits per heavy atom. The van der Waals surface area contributed by atoms with Crippen molar-refractivity contribution >= 4 is 23.8 Å². The van der Waals surface area contributed by atoms with Gasteiger partial charge in [0.15, 0.2) is 4.77 Å². The maximum Gasteiger partial charge on any atom is 0.199 e. The summed E-state index contributed by atoms with van der Waals surface area (Å²) >= 11 is 10.8. The highest BCUT2D eigenvalue weighted by Crippen LogP contribution is 2.19. The third kappa shape index (κ3) is 1.88. The monoisotopic (exact) mass is 257 g/mol. The van der Waals surface area contributed by atoms with Crippen molar-refractivity contribution in [2.24, 2.45) is 0 Å². The second-order valence-corrected chi connectivity index (χ2v) is 4.05. The Morgan fingerprint density at radius 3 is 2.94 bits per heavy atom. The standard InChI is InChI=1S/C10H9ClFN3S/c1-2-9-13-14-10(16)15(9)8-4-3-6(11)5-7(8)12/h3-5H,2H2,1H3,(H,14,16). The molecule has 3 nitrogen and oxygen atoms in total. The summed E-state index contributed by atoms with van der Waals surface area (Å²) < 4.78 is 15.7. The predicted molar refractivity (Wildman–Crippen MR) is 63.1 cm³/mol. The molecule has 0 amide bonds. The Kier molecular flexibility index (Phi) is 3.07. The van der Waals surface area contributed by atoms with Gasteiger partial charge in [-0.1, -0.05) is 18.5 Å². The van der Waals surface area contributed by atoms with E-state index >= 15 is 0 Å². The van der Waals surface area contributed by atoms with E-state index in [0.29, 0.717) is 27.7 Å². The first-order valence-corrected chi connectivity index (χ1v) is 5.54. The molecule has 0 spiro atoms. The summed E-state index contributed by atoms with van der Waals surface area (Å²) in [6, 6.07) is 4.46. The van der Waals surface area contributed by atoms with E-state index in [9.17, 15) is 4.39 Å². The van der Waals surface area contributed by atoms with Crippen LogP contribution in [-0.2, 0) is 6.42 Å². The molecule has 1 N–H and O–H groups in total. The fourth-order valence-corrected chi connectivity index (χ4v) is 1.89. The lowest BCUT2D eigenvalue weighted by Crippen LogP contribution is -2.02. The summed E-state index contributed by atoms with van der Waals surface area (Å²) in [7, 11) is 0. The zero-order valence-electron chi connectivity index (χ0n) is 8.50. The molecular weight excluding hydrogens is 249 g/mol. The van der Waals surface area contributed by atoms with Crippen LogP contribution in [0.25, 0.3) is 5.69 Å². The van der Waals surface area contributed by atoms with Crippen LogP contribution in [0, 0.1) is 10.6 Å². The quantitative estimate of drug-likeness (QED) is 0.838. The third-order valence-electron chi connectivity index (χ3n) is 2.21. The molecule has 0 aliphatic rings. The molecule has 0 radical (unpaired) electrons. The summed E-state index contributed by atoms with van der Waals surface area (Å²) in [6.07, 6.45) is 0.662. The minimum atomic E-state index is -0.417. The highest BCUT2D eigenvalue weighted by molar-refractivity contribution is 7.71. The van der Waals surface area contributed by atoms with Crippen molar-refractivity contribution in [3.63, 3.8) is 0 Å². The van der Waals surface area contributed by atoms with E-state index in [1.54, 1.807) is 16.7 Å². The van der Waals surface area contributed by atoms with Crippen LogP contribution in [0.3, 0.4) is 0 Å². The van der Waals surface area contributed by atoms with Gasteiger partial charge in [-0.15, -0.1) is 0 Å². The number of aromatic nitrogens is 3. The first-order valence-electron chi connectivity index (χ1n) is 4.75. The molecule has 2 rings (SSSR count). The summed E-state index contributed by atoms with van der Waals surface area (Å²) in [5.74, 6) is 0.269. The van der Waals surface area contributed by atoms with Gasteiger partial charge in [0.25, 0.3) is 0 Å². The molecular formula is C10H9ClFN3S. The average Bonchev–Trinajstić information content (AvgIpc) is 2.60. The van der Waals surface area contributed by atoms with Gasteiger partial charge in [-0.3, -0.25) is 9.67 Å². The molecule has 1 aromatic carbocycles. The number of rotatable bonds is 2. The van der Waals surface area contributed by atoms with Crippen molar-refractivity contribution in [1.29, 1.82) is 0 Å². The lowest BCUT2D eigenvalue weighted by molar-refractivity contribution is 0.614. The molecule has 0 atom stereocenters. The third-order valence-corrected chi connectivity index (χ3v) is 2.72. The minimum absolute atomic E-state index is 0.356. The molecule has 6 heteroatoms. The Labute approximate surface area is 102 Å². The SMILES string of the molecule is CCc1n[nH]c(=S)n1-c1ccc(Cl)cc1F. The lowest BCUT2D eigenvalue weighted by Gasteiger charge is -2.06. The van der Waals surface area contributed by atoms with Crippen LogP contribution in [0.1, 0.15) is 12.7 Å². The van der Waals surface area contributed by atoms with Crippen LogP contribution in [0.15, 0.2) is 18.2 Å². The molecule has 0 bridgehead atoms. The van der Waals surface area contributed by atoms with Crippen molar-refractivity contribution in [2.45, 2.75) is 13.3 Å². The number of aryl methyl sites for hydroxylation is 1. The Morgan fingerprint density at radius 2 is 2.31 bits per heavy atom. The molecule has 0 saturated carbocycles. The fraction of sp³-hybridized carbons (Fsp3) is 0.200. The zero-order valence-corrected chi connectivity index (χ0v) is 10.1. The normalized spacial score (nSPS) is 10.7. The van der Waals surface area contributed by atoms with E-state index in [1.807, 2.05) is 6.92 Å². The first kappa shape index (κ1) is 11.3. The smallest absolute Gasteiger partial charge is 0.199 e. The zero-order chi connectivity index (χ0) is 11.7. The molecule has 0 aliphatic carbocycles. The largest absolute Gasteiger partial charge is 0.269 e. The summed E-state index contributed by atoms with van der Waals surface area (Å²) in [5.41, 5.74) is 0.361. The molecule has 1 heterocycles. The van der Waals surface area contributed by atoms with Crippen molar-refractivity contribution in [3.8, 4) is 5.69 Å². The van der Waals surface area contributed by atoms with Crippen LogP contribution in [0.5, 0.6) is 0 Å².